The maximum absolute atomic E-state index is 12.8. The van der Waals surface area contributed by atoms with Crippen molar-refractivity contribution in [2.24, 2.45) is 0 Å². The van der Waals surface area contributed by atoms with Crippen molar-refractivity contribution in [2.75, 3.05) is 32.4 Å². The average Bonchev–Trinajstić information content (AvgIpc) is 3.46. The second-order valence-electron chi connectivity index (χ2n) is 8.40. The second-order valence-corrected chi connectivity index (χ2v) is 8.40. The van der Waals surface area contributed by atoms with Gasteiger partial charge >= 0.3 is 0 Å². The van der Waals surface area contributed by atoms with Crippen LogP contribution in [0.25, 0.3) is 16.7 Å². The zero-order chi connectivity index (χ0) is 24.5. The summed E-state index contributed by atoms with van der Waals surface area (Å²) in [6.45, 7) is 0. The number of carbonyl (C=O) groups excluding carboxylic acids is 1. The normalized spacial score (nSPS) is 12.4. The van der Waals surface area contributed by atoms with Crippen molar-refractivity contribution in [3.05, 3.63) is 59.5 Å². The Hall–Kier alpha value is -4.27. The fourth-order valence-electron chi connectivity index (χ4n) is 4.75. The topological polar surface area (TPSA) is 114 Å². The fourth-order valence-corrected chi connectivity index (χ4v) is 4.75. The van der Waals surface area contributed by atoms with E-state index in [0.29, 0.717) is 28.8 Å². The van der Waals surface area contributed by atoms with Crippen LogP contribution in [0, 0.1) is 0 Å². The molecule has 9 nitrogen and oxygen atoms in total. The second kappa shape index (κ2) is 9.17. The van der Waals surface area contributed by atoms with Crippen LogP contribution in [0.3, 0.4) is 0 Å². The zero-order valence-corrected chi connectivity index (χ0v) is 19.9. The van der Waals surface area contributed by atoms with Crippen LogP contribution < -0.4 is 25.3 Å². The Kier molecular flexibility index (Phi) is 5.90. The fraction of sp³-hybridized carbons (Fsp3) is 0.269. The van der Waals surface area contributed by atoms with E-state index in [0.717, 1.165) is 41.5 Å². The zero-order valence-electron chi connectivity index (χ0n) is 19.9. The molecule has 0 aliphatic heterocycles. The number of nitrogen functional groups attached to an aromatic ring is 1. The number of ether oxygens (including phenoxy) is 3. The highest BCUT2D eigenvalue weighted by molar-refractivity contribution is 5.95. The number of amides is 1. The number of benzene rings is 2. The molecule has 0 saturated carbocycles. The predicted molar refractivity (Wildman–Crippen MR) is 134 cm³/mol. The first kappa shape index (κ1) is 22.5. The summed E-state index contributed by atoms with van der Waals surface area (Å²) in [6, 6.07) is 11.1. The third-order valence-corrected chi connectivity index (χ3v) is 6.31. The summed E-state index contributed by atoms with van der Waals surface area (Å²) in [4.78, 5) is 21.6. The number of nitrogens with one attached hydrogen (secondary N) is 1. The Bertz CT molecular complexity index is 1410. The molecular formula is C26H27N5O4. The van der Waals surface area contributed by atoms with Gasteiger partial charge in [0.2, 0.25) is 5.91 Å². The van der Waals surface area contributed by atoms with E-state index in [1.165, 1.54) is 17.6 Å². The lowest BCUT2D eigenvalue weighted by Crippen LogP contribution is -2.15. The summed E-state index contributed by atoms with van der Waals surface area (Å²) >= 11 is 0. The number of fused-ring (bicyclic) bond motifs is 3. The van der Waals surface area contributed by atoms with E-state index >= 15 is 0 Å². The van der Waals surface area contributed by atoms with Crippen molar-refractivity contribution in [1.82, 2.24) is 14.5 Å². The number of anilines is 2. The molecule has 4 aromatic rings. The number of hydrogen-bond acceptors (Lipinski definition) is 7. The first-order valence-corrected chi connectivity index (χ1v) is 11.3. The molecule has 0 fully saturated rings. The molecular weight excluding hydrogens is 446 g/mol. The van der Waals surface area contributed by atoms with Crippen LogP contribution in [-0.4, -0.2) is 41.8 Å². The molecule has 1 aliphatic rings. The molecule has 2 aromatic carbocycles. The van der Waals surface area contributed by atoms with Crippen LogP contribution in [0.4, 0.5) is 11.5 Å². The Morgan fingerprint density at radius 3 is 2.51 bits per heavy atom. The van der Waals surface area contributed by atoms with Gasteiger partial charge < -0.3 is 29.8 Å². The smallest absolute Gasteiger partial charge is 0.228 e. The molecule has 0 bridgehead atoms. The molecule has 1 aliphatic carbocycles. The molecule has 5 rings (SSSR count). The van der Waals surface area contributed by atoms with Crippen LogP contribution in [0.1, 0.15) is 23.2 Å². The van der Waals surface area contributed by atoms with Gasteiger partial charge in [-0.25, -0.2) is 9.97 Å². The number of carbonyl (C=O) groups is 1. The number of nitrogens with two attached hydrogens (primary N) is 1. The van der Waals surface area contributed by atoms with Gasteiger partial charge in [-0.3, -0.25) is 4.79 Å². The van der Waals surface area contributed by atoms with Gasteiger partial charge in [0.05, 0.1) is 39.0 Å². The molecule has 3 N–H and O–H groups in total. The molecule has 0 radical (unpaired) electrons. The van der Waals surface area contributed by atoms with Crippen molar-refractivity contribution in [3.63, 3.8) is 0 Å². The summed E-state index contributed by atoms with van der Waals surface area (Å²) in [5.74, 6) is 2.06. The maximum atomic E-state index is 12.8. The van der Waals surface area contributed by atoms with E-state index in [1.54, 1.807) is 27.4 Å². The van der Waals surface area contributed by atoms with Crippen molar-refractivity contribution >= 4 is 28.4 Å². The van der Waals surface area contributed by atoms with E-state index in [-0.39, 0.29) is 12.3 Å². The van der Waals surface area contributed by atoms with Gasteiger partial charge in [0.25, 0.3) is 0 Å². The molecule has 1 amide bonds. The molecule has 0 saturated heterocycles. The van der Waals surface area contributed by atoms with Crippen LogP contribution in [0.5, 0.6) is 17.2 Å². The van der Waals surface area contributed by atoms with E-state index in [1.807, 2.05) is 30.3 Å². The van der Waals surface area contributed by atoms with Crippen LogP contribution >= 0.6 is 0 Å². The van der Waals surface area contributed by atoms with Gasteiger partial charge in [0.15, 0.2) is 5.82 Å². The van der Waals surface area contributed by atoms with Crippen molar-refractivity contribution in [2.45, 2.75) is 25.7 Å². The van der Waals surface area contributed by atoms with Gasteiger partial charge in [0, 0.05) is 23.5 Å². The molecule has 0 unspecified atom stereocenters. The quantitative estimate of drug-likeness (QED) is 0.421. The highest BCUT2D eigenvalue weighted by Gasteiger charge is 2.25. The Morgan fingerprint density at radius 1 is 1.03 bits per heavy atom. The summed E-state index contributed by atoms with van der Waals surface area (Å²) in [5.41, 5.74) is 12.6. The molecule has 0 spiro atoms. The summed E-state index contributed by atoms with van der Waals surface area (Å²) in [6.07, 6.45) is 4.65. The van der Waals surface area contributed by atoms with E-state index < -0.39 is 0 Å². The Labute approximate surface area is 202 Å². The summed E-state index contributed by atoms with van der Waals surface area (Å²) in [7, 11) is 4.74. The first-order chi connectivity index (χ1) is 17.0. The minimum Gasteiger partial charge on any atom is -0.497 e. The molecule has 0 atom stereocenters. The minimum absolute atomic E-state index is 0.155. The van der Waals surface area contributed by atoms with Crippen molar-refractivity contribution in [3.8, 4) is 22.9 Å². The summed E-state index contributed by atoms with van der Waals surface area (Å²) in [5, 5.41) is 2.95. The molecule has 180 valence electrons. The average molecular weight is 474 g/mol. The molecule has 2 aromatic heterocycles. The van der Waals surface area contributed by atoms with E-state index in [9.17, 15) is 4.79 Å². The summed E-state index contributed by atoms with van der Waals surface area (Å²) < 4.78 is 18.4. The lowest BCUT2D eigenvalue weighted by Gasteiger charge is -2.15. The predicted octanol–water partition coefficient (Wildman–Crippen LogP) is 3.70. The van der Waals surface area contributed by atoms with Gasteiger partial charge in [-0.2, -0.15) is 0 Å². The van der Waals surface area contributed by atoms with Gasteiger partial charge in [-0.15, -0.1) is 0 Å². The van der Waals surface area contributed by atoms with Crippen LogP contribution in [0.2, 0.25) is 0 Å². The monoisotopic (exact) mass is 473 g/mol. The Balaban J connectivity index is 1.45. The number of aromatic nitrogens is 3. The van der Waals surface area contributed by atoms with E-state index in [2.05, 4.69) is 19.9 Å². The SMILES string of the molecule is COc1cc(CC(=O)Nc2ccc(-n3c4c(c5ncnc(N)c53)CCC4)cc2OC)cc(OC)c1. The number of nitrogens with zero attached hydrogens (tertiary/aromatic N) is 3. The molecule has 2 heterocycles. The highest BCUT2D eigenvalue weighted by Crippen LogP contribution is 2.38. The lowest BCUT2D eigenvalue weighted by molar-refractivity contribution is -0.115. The third kappa shape index (κ3) is 4.09. The standard InChI is InChI=1S/C26H27N5O4/c1-33-17-9-15(10-18(13-17)34-2)11-23(32)30-20-8-7-16(12-22(20)35-3)31-21-6-4-5-19(21)24-25(31)26(27)29-14-28-24/h7-10,12-14H,4-6,11H2,1-3H3,(H,30,32)(H2,27,28,29). The highest BCUT2D eigenvalue weighted by atomic mass is 16.5. The van der Waals surface area contributed by atoms with E-state index in [4.69, 9.17) is 19.9 Å². The van der Waals surface area contributed by atoms with Crippen LogP contribution in [-0.2, 0) is 24.1 Å². The largest absolute Gasteiger partial charge is 0.497 e. The lowest BCUT2D eigenvalue weighted by atomic mass is 10.1. The van der Waals surface area contributed by atoms with Crippen molar-refractivity contribution < 1.29 is 19.0 Å². The first-order valence-electron chi connectivity index (χ1n) is 11.3. The van der Waals surface area contributed by atoms with Gasteiger partial charge in [-0.05, 0) is 54.7 Å². The Morgan fingerprint density at radius 2 is 1.80 bits per heavy atom. The molecule has 9 heteroatoms. The maximum Gasteiger partial charge on any atom is 0.228 e. The third-order valence-electron chi connectivity index (χ3n) is 6.31. The van der Waals surface area contributed by atoms with Crippen molar-refractivity contribution in [1.29, 1.82) is 0 Å². The minimum atomic E-state index is -0.184. The van der Waals surface area contributed by atoms with Gasteiger partial charge in [0.1, 0.15) is 29.1 Å². The number of hydrogen-bond donors (Lipinski definition) is 2. The number of rotatable bonds is 7. The number of methoxy groups -OCH3 is 3. The van der Waals surface area contributed by atoms with Crippen LogP contribution in [0.15, 0.2) is 42.7 Å². The molecule has 35 heavy (non-hydrogen) atoms. The number of aryl methyl sites for hydroxylation is 1. The van der Waals surface area contributed by atoms with Gasteiger partial charge in [-0.1, -0.05) is 0 Å².